The van der Waals surface area contributed by atoms with E-state index in [1.54, 1.807) is 6.08 Å². The van der Waals surface area contributed by atoms with Crippen molar-refractivity contribution in [1.29, 1.82) is 0 Å². The highest BCUT2D eigenvalue weighted by Crippen LogP contribution is 2.49. The van der Waals surface area contributed by atoms with Gasteiger partial charge in [0.2, 0.25) is 0 Å². The minimum Gasteiger partial charge on any atom is -0.295 e. The lowest BCUT2D eigenvalue weighted by Gasteiger charge is -2.42. The molecule has 0 bridgehead atoms. The van der Waals surface area contributed by atoms with Crippen molar-refractivity contribution in [3.63, 3.8) is 0 Å². The first-order valence-electron chi connectivity index (χ1n) is 8.69. The molecule has 1 aliphatic rings. The fourth-order valence-corrected chi connectivity index (χ4v) is 4.03. The normalized spacial score (nSPS) is 18.9. The molecule has 25 heavy (non-hydrogen) atoms. The van der Waals surface area contributed by atoms with Crippen LogP contribution in [0.3, 0.4) is 0 Å². The predicted molar refractivity (Wildman–Crippen MR) is 102 cm³/mol. The maximum Gasteiger partial charge on any atom is 0.156 e. The second-order valence-corrected chi connectivity index (χ2v) is 6.57. The lowest BCUT2D eigenvalue weighted by molar-refractivity contribution is -0.115. The van der Waals surface area contributed by atoms with Crippen LogP contribution in [0.4, 0.5) is 0 Å². The van der Waals surface area contributed by atoms with E-state index in [0.717, 1.165) is 0 Å². The Bertz CT molecular complexity index is 840. The molecule has 1 unspecified atom stereocenters. The maximum absolute atomic E-state index is 12.3. The van der Waals surface area contributed by atoms with Crippen LogP contribution in [0.25, 0.3) is 0 Å². The molecule has 1 aliphatic carbocycles. The van der Waals surface area contributed by atoms with Crippen LogP contribution in [0.2, 0.25) is 0 Å². The summed E-state index contributed by atoms with van der Waals surface area (Å²) in [6, 6.07) is 31.5. The van der Waals surface area contributed by atoms with Crippen molar-refractivity contribution >= 4 is 5.78 Å². The van der Waals surface area contributed by atoms with E-state index in [0.29, 0.717) is 6.42 Å². The SMILES string of the molecule is O=C1C=CC(c2ccccc2)(c2ccccc2)C(c2ccccc2)C1. The van der Waals surface area contributed by atoms with E-state index in [-0.39, 0.29) is 17.1 Å². The summed E-state index contributed by atoms with van der Waals surface area (Å²) < 4.78 is 0. The highest BCUT2D eigenvalue weighted by Gasteiger charge is 2.43. The molecule has 1 nitrogen and oxygen atoms in total. The molecule has 4 rings (SSSR count). The van der Waals surface area contributed by atoms with Crippen LogP contribution in [0.5, 0.6) is 0 Å². The minimum atomic E-state index is -0.336. The van der Waals surface area contributed by atoms with Gasteiger partial charge in [-0.2, -0.15) is 0 Å². The van der Waals surface area contributed by atoms with Crippen LogP contribution >= 0.6 is 0 Å². The molecule has 0 aliphatic heterocycles. The second kappa shape index (κ2) is 6.52. The van der Waals surface area contributed by atoms with Gasteiger partial charge in [0.05, 0.1) is 0 Å². The molecule has 0 saturated carbocycles. The smallest absolute Gasteiger partial charge is 0.156 e. The van der Waals surface area contributed by atoms with Crippen molar-refractivity contribution in [2.75, 3.05) is 0 Å². The Morgan fingerprint density at radius 1 is 0.680 bits per heavy atom. The summed E-state index contributed by atoms with van der Waals surface area (Å²) in [6.07, 6.45) is 4.39. The third-order valence-corrected chi connectivity index (χ3v) is 5.19. The van der Waals surface area contributed by atoms with Crippen molar-refractivity contribution < 1.29 is 4.79 Å². The lowest BCUT2D eigenvalue weighted by Crippen LogP contribution is -2.37. The topological polar surface area (TPSA) is 17.1 Å². The number of hydrogen-bond donors (Lipinski definition) is 0. The molecular formula is C24H20O. The zero-order valence-electron chi connectivity index (χ0n) is 14.0. The van der Waals surface area contributed by atoms with E-state index in [4.69, 9.17) is 0 Å². The Hall–Kier alpha value is -2.93. The number of benzene rings is 3. The van der Waals surface area contributed by atoms with E-state index >= 15 is 0 Å². The summed E-state index contributed by atoms with van der Waals surface area (Å²) in [6.45, 7) is 0. The molecule has 0 saturated heterocycles. The first-order chi connectivity index (χ1) is 12.3. The van der Waals surface area contributed by atoms with E-state index in [1.807, 2.05) is 18.2 Å². The van der Waals surface area contributed by atoms with Crippen molar-refractivity contribution in [2.45, 2.75) is 17.8 Å². The van der Waals surface area contributed by atoms with Gasteiger partial charge in [-0.05, 0) is 22.8 Å². The Morgan fingerprint density at radius 2 is 1.16 bits per heavy atom. The summed E-state index contributed by atoms with van der Waals surface area (Å²) >= 11 is 0. The van der Waals surface area contributed by atoms with Crippen LogP contribution in [-0.2, 0) is 10.2 Å². The van der Waals surface area contributed by atoms with Gasteiger partial charge in [0.15, 0.2) is 5.78 Å². The van der Waals surface area contributed by atoms with Gasteiger partial charge >= 0.3 is 0 Å². The van der Waals surface area contributed by atoms with Crippen molar-refractivity contribution in [1.82, 2.24) is 0 Å². The largest absolute Gasteiger partial charge is 0.295 e. The number of allylic oxidation sites excluding steroid dienone is 2. The molecule has 0 aromatic heterocycles. The highest BCUT2D eigenvalue weighted by atomic mass is 16.1. The Morgan fingerprint density at radius 3 is 1.68 bits per heavy atom. The third-order valence-electron chi connectivity index (χ3n) is 5.19. The van der Waals surface area contributed by atoms with Gasteiger partial charge in [0.1, 0.15) is 0 Å². The fourth-order valence-electron chi connectivity index (χ4n) is 4.03. The zero-order chi connectivity index (χ0) is 17.1. The number of hydrogen-bond acceptors (Lipinski definition) is 1. The van der Waals surface area contributed by atoms with Gasteiger partial charge in [0.25, 0.3) is 0 Å². The molecule has 1 heteroatoms. The summed E-state index contributed by atoms with van der Waals surface area (Å²) in [5.74, 6) is 0.271. The van der Waals surface area contributed by atoms with Gasteiger partial charge in [-0.1, -0.05) is 97.1 Å². The second-order valence-electron chi connectivity index (χ2n) is 6.57. The molecule has 0 heterocycles. The van der Waals surface area contributed by atoms with Gasteiger partial charge in [-0.15, -0.1) is 0 Å². The average Bonchev–Trinajstić information content (AvgIpc) is 2.70. The van der Waals surface area contributed by atoms with Crippen LogP contribution < -0.4 is 0 Å². The summed E-state index contributed by atoms with van der Waals surface area (Å²) in [4.78, 5) is 12.3. The number of rotatable bonds is 3. The fraction of sp³-hybridized carbons (Fsp3) is 0.125. The maximum atomic E-state index is 12.3. The van der Waals surface area contributed by atoms with Crippen molar-refractivity contribution in [2.24, 2.45) is 0 Å². The quantitative estimate of drug-likeness (QED) is 0.640. The Kier molecular flexibility index (Phi) is 4.07. The number of ketones is 1. The molecule has 0 amide bonds. The van der Waals surface area contributed by atoms with Crippen LogP contribution in [0.15, 0.2) is 103 Å². The van der Waals surface area contributed by atoms with Crippen LogP contribution in [0, 0.1) is 0 Å². The van der Waals surface area contributed by atoms with E-state index < -0.39 is 0 Å². The highest BCUT2D eigenvalue weighted by molar-refractivity contribution is 5.92. The Balaban J connectivity index is 2.01. The summed E-state index contributed by atoms with van der Waals surface area (Å²) in [5, 5.41) is 0. The van der Waals surface area contributed by atoms with Gasteiger partial charge in [-0.25, -0.2) is 0 Å². The van der Waals surface area contributed by atoms with E-state index in [2.05, 4.69) is 78.9 Å². The molecule has 0 N–H and O–H groups in total. The summed E-state index contributed by atoms with van der Waals surface area (Å²) in [5.41, 5.74) is 3.31. The van der Waals surface area contributed by atoms with Gasteiger partial charge in [-0.3, -0.25) is 4.79 Å². The molecular weight excluding hydrogens is 304 g/mol. The van der Waals surface area contributed by atoms with Crippen LogP contribution in [-0.4, -0.2) is 5.78 Å². The predicted octanol–water partition coefficient (Wildman–Crippen LogP) is 5.29. The van der Waals surface area contributed by atoms with E-state index in [1.165, 1.54) is 16.7 Å². The van der Waals surface area contributed by atoms with Gasteiger partial charge in [0, 0.05) is 17.8 Å². The third kappa shape index (κ3) is 2.72. The summed E-state index contributed by atoms with van der Waals surface area (Å²) in [7, 11) is 0. The Labute approximate surface area is 148 Å². The first-order valence-corrected chi connectivity index (χ1v) is 8.69. The number of carbonyl (C=O) groups excluding carboxylic acids is 1. The molecule has 0 spiro atoms. The number of carbonyl (C=O) groups is 1. The monoisotopic (exact) mass is 324 g/mol. The average molecular weight is 324 g/mol. The first kappa shape index (κ1) is 15.6. The van der Waals surface area contributed by atoms with Crippen molar-refractivity contribution in [3.05, 3.63) is 120 Å². The van der Waals surface area contributed by atoms with E-state index in [9.17, 15) is 4.79 Å². The molecule has 3 aromatic carbocycles. The molecule has 3 aromatic rings. The zero-order valence-corrected chi connectivity index (χ0v) is 14.0. The molecule has 0 radical (unpaired) electrons. The van der Waals surface area contributed by atoms with Crippen molar-refractivity contribution in [3.8, 4) is 0 Å². The van der Waals surface area contributed by atoms with Crippen LogP contribution in [0.1, 0.15) is 29.0 Å². The molecule has 1 atom stereocenters. The molecule has 0 fully saturated rings. The lowest BCUT2D eigenvalue weighted by atomic mass is 9.60. The van der Waals surface area contributed by atoms with Gasteiger partial charge < -0.3 is 0 Å². The minimum absolute atomic E-state index is 0.0796. The standard InChI is InChI=1S/C24H20O/c25-22-16-17-24(20-12-6-2-7-13-20,21-14-8-3-9-15-21)23(18-22)19-10-4-1-5-11-19/h1-17,23H,18H2. The molecule has 122 valence electrons.